The van der Waals surface area contributed by atoms with Crippen LogP contribution in [-0.4, -0.2) is 4.98 Å². The third-order valence-corrected chi connectivity index (χ3v) is 6.17. The highest BCUT2D eigenvalue weighted by Gasteiger charge is 2.16. The third-order valence-electron chi connectivity index (χ3n) is 3.78. The van der Waals surface area contributed by atoms with Crippen molar-refractivity contribution < 1.29 is 0 Å². The second-order valence-electron chi connectivity index (χ2n) is 5.58. The van der Waals surface area contributed by atoms with Crippen LogP contribution in [0.2, 0.25) is 30.1 Å². The summed E-state index contributed by atoms with van der Waals surface area (Å²) in [5.41, 5.74) is 3.39. The van der Waals surface area contributed by atoms with Crippen molar-refractivity contribution in [3.63, 3.8) is 0 Å². The zero-order chi connectivity index (χ0) is 19.7. The quantitative estimate of drug-likeness (QED) is 0.356. The van der Waals surface area contributed by atoms with E-state index in [0.29, 0.717) is 42.5 Å². The fraction of sp³-hybridized carbons (Fsp3) is 0.0526. The number of hydrogen-bond donors (Lipinski definition) is 0. The van der Waals surface area contributed by atoms with Gasteiger partial charge in [-0.1, -0.05) is 69.6 Å². The second kappa shape index (κ2) is 8.45. The smallest absolute Gasteiger partial charge is 0.0781 e. The molecular weight excluding hydrogens is 469 g/mol. The van der Waals surface area contributed by atoms with Crippen LogP contribution in [0.3, 0.4) is 0 Å². The lowest BCUT2D eigenvalue weighted by molar-refractivity contribution is 1.19. The fourth-order valence-corrected chi connectivity index (χ4v) is 3.74. The van der Waals surface area contributed by atoms with Crippen LogP contribution in [0.5, 0.6) is 0 Å². The van der Waals surface area contributed by atoms with Gasteiger partial charge in [0, 0.05) is 17.3 Å². The lowest BCUT2D eigenvalue weighted by atomic mass is 9.97. The second-order valence-corrected chi connectivity index (χ2v) is 7.97. The summed E-state index contributed by atoms with van der Waals surface area (Å²) in [7, 11) is 0. The molecule has 27 heavy (non-hydrogen) atoms. The highest BCUT2D eigenvalue weighted by atomic mass is 35.5. The summed E-state index contributed by atoms with van der Waals surface area (Å²) in [6.07, 6.45) is 1.83. The van der Waals surface area contributed by atoms with Crippen molar-refractivity contribution in [2.24, 2.45) is 0 Å². The topological polar surface area (TPSA) is 36.7 Å². The van der Waals surface area contributed by atoms with Crippen LogP contribution >= 0.6 is 69.6 Å². The molecule has 0 spiro atoms. The predicted molar refractivity (Wildman–Crippen MR) is 114 cm³/mol. The predicted octanol–water partition coefficient (Wildman–Crippen LogP) is 8.40. The number of hydrogen-bond acceptors (Lipinski definition) is 2. The minimum Gasteiger partial charge on any atom is -0.255 e. The molecule has 0 aliphatic carbocycles. The van der Waals surface area contributed by atoms with Crippen molar-refractivity contribution in [3.05, 3.63) is 72.2 Å². The van der Waals surface area contributed by atoms with Crippen LogP contribution in [0.15, 0.2) is 36.5 Å². The van der Waals surface area contributed by atoms with Crippen molar-refractivity contribution in [2.75, 3.05) is 0 Å². The maximum atomic E-state index is 9.01. The number of halogens is 6. The summed E-state index contributed by atoms with van der Waals surface area (Å²) >= 11 is 36.8. The number of rotatable bonds is 3. The minimum absolute atomic E-state index is 0.206. The largest absolute Gasteiger partial charge is 0.255 e. The van der Waals surface area contributed by atoms with Gasteiger partial charge in [-0.3, -0.25) is 4.98 Å². The first-order chi connectivity index (χ1) is 12.8. The van der Waals surface area contributed by atoms with Crippen LogP contribution in [-0.2, 0) is 6.42 Å². The van der Waals surface area contributed by atoms with Gasteiger partial charge in [0.15, 0.2) is 0 Å². The molecule has 0 aliphatic heterocycles. The number of pyridine rings is 1. The molecule has 0 radical (unpaired) electrons. The summed E-state index contributed by atoms with van der Waals surface area (Å²) in [5.74, 6) is 0. The van der Waals surface area contributed by atoms with E-state index in [0.717, 1.165) is 5.56 Å². The van der Waals surface area contributed by atoms with E-state index in [1.807, 2.05) is 6.07 Å². The molecule has 0 aliphatic rings. The Kier molecular flexibility index (Phi) is 6.43. The maximum absolute atomic E-state index is 9.01. The van der Waals surface area contributed by atoms with E-state index in [-0.39, 0.29) is 16.5 Å². The van der Waals surface area contributed by atoms with Gasteiger partial charge in [-0.05, 0) is 41.5 Å². The van der Waals surface area contributed by atoms with E-state index < -0.39 is 0 Å². The van der Waals surface area contributed by atoms with Gasteiger partial charge in [0.2, 0.25) is 0 Å². The van der Waals surface area contributed by atoms with Crippen molar-refractivity contribution in [2.45, 2.75) is 6.42 Å². The Labute approximate surface area is 186 Å². The van der Waals surface area contributed by atoms with Crippen LogP contribution in [0.4, 0.5) is 0 Å². The van der Waals surface area contributed by atoms with Gasteiger partial charge in [0.05, 0.1) is 48.3 Å². The first-order valence-corrected chi connectivity index (χ1v) is 9.74. The number of nitriles is 1. The van der Waals surface area contributed by atoms with E-state index in [1.54, 1.807) is 30.5 Å². The highest BCUT2D eigenvalue weighted by molar-refractivity contribution is 6.49. The molecule has 0 bridgehead atoms. The van der Waals surface area contributed by atoms with Gasteiger partial charge in [0.1, 0.15) is 0 Å². The molecule has 1 aromatic heterocycles. The molecule has 136 valence electrons. The molecule has 0 saturated carbocycles. The molecule has 0 atom stereocenters. The third kappa shape index (κ3) is 4.30. The molecule has 0 fully saturated rings. The van der Waals surface area contributed by atoms with Crippen LogP contribution in [0.1, 0.15) is 5.56 Å². The first-order valence-electron chi connectivity index (χ1n) is 7.47. The number of nitrogens with zero attached hydrogens (tertiary/aromatic N) is 2. The molecule has 2 aromatic carbocycles. The van der Waals surface area contributed by atoms with E-state index in [4.69, 9.17) is 74.9 Å². The van der Waals surface area contributed by atoms with Gasteiger partial charge in [-0.2, -0.15) is 5.26 Å². The van der Waals surface area contributed by atoms with Crippen molar-refractivity contribution in [3.8, 4) is 28.5 Å². The van der Waals surface area contributed by atoms with Gasteiger partial charge in [-0.15, -0.1) is 0 Å². The molecule has 0 amide bonds. The lowest BCUT2D eigenvalue weighted by Gasteiger charge is -2.13. The van der Waals surface area contributed by atoms with Crippen molar-refractivity contribution in [1.82, 2.24) is 4.98 Å². The SMILES string of the molecule is N#CCc1cnc(-c2cc(Cl)c(Cl)c(Cl)c2)c(-c2cc(Cl)c(Cl)c(Cl)c2)c1. The van der Waals surface area contributed by atoms with Gasteiger partial charge >= 0.3 is 0 Å². The molecule has 2 nitrogen and oxygen atoms in total. The molecular formula is C19H8Cl6N2. The first kappa shape index (κ1) is 20.6. The molecule has 8 heteroatoms. The molecule has 0 unspecified atom stereocenters. The molecule has 0 N–H and O–H groups in total. The average molecular weight is 477 g/mol. The number of benzene rings is 2. The van der Waals surface area contributed by atoms with Crippen LogP contribution < -0.4 is 0 Å². The van der Waals surface area contributed by atoms with E-state index in [1.165, 1.54) is 0 Å². The van der Waals surface area contributed by atoms with Crippen molar-refractivity contribution in [1.29, 1.82) is 5.26 Å². The Hall–Kier alpha value is -1.18. The fourth-order valence-electron chi connectivity index (χ4n) is 2.55. The standard InChI is InChI=1S/C19H8Cl6N2/c20-13-4-10(5-14(21)17(13)24)12-3-9(1-2-26)8-27-19(12)11-6-15(22)18(25)16(23)7-11/h3-8H,1H2. The van der Waals surface area contributed by atoms with Crippen LogP contribution in [0, 0.1) is 11.3 Å². The zero-order valence-corrected chi connectivity index (χ0v) is 17.9. The Bertz CT molecular complexity index is 1040. The summed E-state index contributed by atoms with van der Waals surface area (Å²) in [6, 6.07) is 10.7. The van der Waals surface area contributed by atoms with Gasteiger partial charge in [-0.25, -0.2) is 0 Å². The molecule has 3 aromatic rings. The van der Waals surface area contributed by atoms with Gasteiger partial charge in [0.25, 0.3) is 0 Å². The number of aromatic nitrogens is 1. The highest BCUT2D eigenvalue weighted by Crippen LogP contribution is 2.41. The Morgan fingerprint density at radius 3 is 1.70 bits per heavy atom. The van der Waals surface area contributed by atoms with E-state index in [9.17, 15) is 0 Å². The summed E-state index contributed by atoms with van der Waals surface area (Å²) in [6.45, 7) is 0. The summed E-state index contributed by atoms with van der Waals surface area (Å²) < 4.78 is 0. The normalized spacial score (nSPS) is 10.7. The molecule has 0 saturated heterocycles. The monoisotopic (exact) mass is 474 g/mol. The van der Waals surface area contributed by atoms with E-state index >= 15 is 0 Å². The Balaban J connectivity index is 2.29. The van der Waals surface area contributed by atoms with Crippen molar-refractivity contribution >= 4 is 69.6 Å². The maximum Gasteiger partial charge on any atom is 0.0781 e. The summed E-state index contributed by atoms with van der Waals surface area (Å²) in [4.78, 5) is 4.51. The molecule has 3 rings (SSSR count). The zero-order valence-electron chi connectivity index (χ0n) is 13.3. The lowest BCUT2D eigenvalue weighted by Crippen LogP contribution is -1.94. The molecule has 1 heterocycles. The average Bonchev–Trinajstić information content (AvgIpc) is 2.63. The van der Waals surface area contributed by atoms with Crippen LogP contribution in [0.25, 0.3) is 22.4 Å². The Morgan fingerprint density at radius 2 is 1.22 bits per heavy atom. The Morgan fingerprint density at radius 1 is 0.741 bits per heavy atom. The summed E-state index contributed by atoms with van der Waals surface area (Å²) in [5, 5.41) is 10.8. The van der Waals surface area contributed by atoms with Gasteiger partial charge < -0.3 is 0 Å². The minimum atomic E-state index is 0.206. The van der Waals surface area contributed by atoms with E-state index in [2.05, 4.69) is 11.1 Å².